The average Bonchev–Trinajstić information content (AvgIpc) is 3.06. The summed E-state index contributed by atoms with van der Waals surface area (Å²) in [7, 11) is 1.58. The highest BCUT2D eigenvalue weighted by Gasteiger charge is 2.19. The van der Waals surface area contributed by atoms with E-state index in [1.54, 1.807) is 31.5 Å². The van der Waals surface area contributed by atoms with E-state index in [-0.39, 0.29) is 24.1 Å². The molecule has 5 aromatic rings. The van der Waals surface area contributed by atoms with E-state index in [0.29, 0.717) is 34.4 Å². The quantitative estimate of drug-likeness (QED) is 0.154. The zero-order valence-corrected chi connectivity index (χ0v) is 26.2. The Balaban J connectivity index is 1.15. The summed E-state index contributed by atoms with van der Waals surface area (Å²) in [5.41, 5.74) is 4.20. The molecule has 5 rings (SSSR count). The first-order valence-electron chi connectivity index (χ1n) is 14.1. The Morgan fingerprint density at radius 3 is 2.51 bits per heavy atom. The number of hydrogen-bond donors (Lipinski definition) is 1. The van der Waals surface area contributed by atoms with Crippen LogP contribution < -0.4 is 19.7 Å². The van der Waals surface area contributed by atoms with Crippen molar-refractivity contribution in [1.29, 1.82) is 0 Å². The van der Waals surface area contributed by atoms with Crippen molar-refractivity contribution in [3.8, 4) is 11.5 Å². The number of fused-ring (bicyclic) bond motifs is 1. The highest BCUT2D eigenvalue weighted by atomic mass is 35.5. The number of benzene rings is 3. The van der Waals surface area contributed by atoms with Crippen LogP contribution in [0.5, 0.6) is 11.5 Å². The lowest BCUT2D eigenvalue weighted by molar-refractivity contribution is -0.122. The number of nitrogens with one attached hydrogen (secondary N) is 1. The molecule has 0 bridgehead atoms. The predicted molar refractivity (Wildman–Crippen MR) is 178 cm³/mol. The Morgan fingerprint density at radius 1 is 0.911 bits per heavy atom. The Hall–Kier alpha value is -4.92. The fourth-order valence-corrected chi connectivity index (χ4v) is 5.03. The minimum atomic E-state index is -0.414. The number of amides is 2. The van der Waals surface area contributed by atoms with E-state index in [0.717, 1.165) is 27.9 Å². The summed E-state index contributed by atoms with van der Waals surface area (Å²) in [5.74, 6) is 0.504. The minimum absolute atomic E-state index is 0.0706. The zero-order valence-electron chi connectivity index (χ0n) is 24.7. The molecule has 0 atom stereocenters. The molecule has 0 saturated carbocycles. The number of anilines is 1. The van der Waals surface area contributed by atoms with E-state index in [1.165, 1.54) is 11.0 Å². The van der Waals surface area contributed by atoms with Crippen molar-refractivity contribution in [2.45, 2.75) is 20.1 Å². The molecule has 0 unspecified atom stereocenters. The van der Waals surface area contributed by atoms with Gasteiger partial charge >= 0.3 is 0 Å². The number of pyridine rings is 2. The third-order valence-electron chi connectivity index (χ3n) is 6.93. The molecule has 10 heteroatoms. The molecule has 0 aliphatic rings. The first-order valence-corrected chi connectivity index (χ1v) is 14.9. The molecule has 0 aliphatic heterocycles. The summed E-state index contributed by atoms with van der Waals surface area (Å²) in [4.78, 5) is 35.6. The molecule has 8 nitrogen and oxygen atoms in total. The van der Waals surface area contributed by atoms with Crippen LogP contribution >= 0.6 is 23.2 Å². The topological polar surface area (TPSA) is 93.7 Å². The van der Waals surface area contributed by atoms with Gasteiger partial charge in [-0.05, 0) is 67.1 Å². The van der Waals surface area contributed by atoms with E-state index < -0.39 is 5.91 Å². The molecule has 0 radical (unpaired) electrons. The van der Waals surface area contributed by atoms with Crippen molar-refractivity contribution < 1.29 is 19.1 Å². The van der Waals surface area contributed by atoms with Gasteiger partial charge in [-0.1, -0.05) is 59.6 Å². The highest BCUT2D eigenvalue weighted by Crippen LogP contribution is 2.35. The summed E-state index contributed by atoms with van der Waals surface area (Å²) in [6, 6.07) is 25.9. The second-order valence-electron chi connectivity index (χ2n) is 10.1. The molecule has 0 spiro atoms. The van der Waals surface area contributed by atoms with E-state index in [4.69, 9.17) is 32.7 Å². The molecule has 0 aliphatic carbocycles. The monoisotopic (exact) mass is 640 g/mol. The average molecular weight is 642 g/mol. The zero-order chi connectivity index (χ0) is 31.8. The van der Waals surface area contributed by atoms with Crippen molar-refractivity contribution >= 4 is 57.7 Å². The molecular formula is C35H30Cl2N4O4. The maximum atomic E-state index is 13.0. The Kier molecular flexibility index (Phi) is 10.3. The van der Waals surface area contributed by atoms with Crippen molar-refractivity contribution in [2.75, 3.05) is 18.5 Å². The number of aryl methyl sites for hydroxylation is 1. The maximum Gasteiger partial charge on any atom is 0.246 e. The van der Waals surface area contributed by atoms with E-state index in [1.807, 2.05) is 79.7 Å². The lowest BCUT2D eigenvalue weighted by Crippen LogP contribution is -2.37. The van der Waals surface area contributed by atoms with Gasteiger partial charge in [0.1, 0.15) is 30.2 Å². The molecule has 0 saturated heterocycles. The molecule has 228 valence electrons. The molecular weight excluding hydrogens is 611 g/mol. The first kappa shape index (κ1) is 31.5. The number of ether oxygens (including phenoxy) is 2. The first-order chi connectivity index (χ1) is 21.8. The standard InChI is InChI=1S/C35H30Cl2N4O4/c1-23-9-13-25-6-5-8-31(35(25)40-23)45-22-28-29(36)16-17-30(34(28)37)41(2)33(43)20-39-32(42)18-12-24-10-14-27(15-11-24)44-21-26-7-3-4-19-38-26/h3-19H,20-22H2,1-2H3,(H,39,42)/b18-12+. The Labute approximate surface area is 271 Å². The number of aromatic nitrogens is 2. The molecule has 45 heavy (non-hydrogen) atoms. The number of rotatable bonds is 11. The van der Waals surface area contributed by atoms with Crippen molar-refractivity contribution in [3.05, 3.63) is 130 Å². The SMILES string of the molecule is Cc1ccc2cccc(OCc3c(Cl)ccc(N(C)C(=O)CNC(=O)/C=C/c4ccc(OCc5ccccn5)cc4)c3Cl)c2n1. The number of carbonyl (C=O) groups excluding carboxylic acids is 2. The van der Waals surface area contributed by atoms with Gasteiger partial charge < -0.3 is 19.7 Å². The Bertz CT molecular complexity index is 1850. The van der Waals surface area contributed by atoms with Gasteiger partial charge in [-0.3, -0.25) is 14.6 Å². The van der Waals surface area contributed by atoms with Crippen LogP contribution in [0.2, 0.25) is 10.0 Å². The van der Waals surface area contributed by atoms with Crippen LogP contribution in [0.1, 0.15) is 22.5 Å². The Morgan fingerprint density at radius 2 is 1.73 bits per heavy atom. The van der Waals surface area contributed by atoms with E-state index >= 15 is 0 Å². The van der Waals surface area contributed by atoms with Gasteiger partial charge in [0.25, 0.3) is 0 Å². The fourth-order valence-electron chi connectivity index (χ4n) is 4.42. The van der Waals surface area contributed by atoms with Gasteiger partial charge in [-0.2, -0.15) is 0 Å². The van der Waals surface area contributed by atoms with Crippen LogP contribution in [0.3, 0.4) is 0 Å². The predicted octanol–water partition coefficient (Wildman–Crippen LogP) is 7.20. The number of hydrogen-bond acceptors (Lipinski definition) is 6. The van der Waals surface area contributed by atoms with Crippen LogP contribution in [0.15, 0.2) is 97.2 Å². The van der Waals surface area contributed by atoms with Crippen molar-refractivity contribution in [1.82, 2.24) is 15.3 Å². The number of para-hydroxylation sites is 1. The number of nitrogens with zero attached hydrogens (tertiary/aromatic N) is 3. The van der Waals surface area contributed by atoms with Crippen LogP contribution in [0, 0.1) is 6.92 Å². The van der Waals surface area contributed by atoms with Gasteiger partial charge in [-0.15, -0.1) is 0 Å². The molecule has 1 N–H and O–H groups in total. The van der Waals surface area contributed by atoms with Crippen molar-refractivity contribution in [3.63, 3.8) is 0 Å². The van der Waals surface area contributed by atoms with Gasteiger partial charge in [0.05, 0.1) is 22.9 Å². The highest BCUT2D eigenvalue weighted by molar-refractivity contribution is 6.38. The molecule has 2 aromatic heterocycles. The maximum absolute atomic E-state index is 13.0. The summed E-state index contributed by atoms with van der Waals surface area (Å²) < 4.78 is 11.8. The third-order valence-corrected chi connectivity index (χ3v) is 7.71. The summed E-state index contributed by atoms with van der Waals surface area (Å²) in [5, 5.41) is 4.25. The third kappa shape index (κ3) is 8.17. The summed E-state index contributed by atoms with van der Waals surface area (Å²) >= 11 is 13.2. The van der Waals surface area contributed by atoms with Crippen LogP contribution in [0.25, 0.3) is 17.0 Å². The van der Waals surface area contributed by atoms with Crippen LogP contribution in [-0.4, -0.2) is 35.4 Å². The lowest BCUT2D eigenvalue weighted by atomic mass is 10.1. The number of likely N-dealkylation sites (N-methyl/N-ethyl adjacent to an activating group) is 1. The molecule has 0 fully saturated rings. The van der Waals surface area contributed by atoms with Crippen molar-refractivity contribution in [2.24, 2.45) is 0 Å². The fraction of sp³-hybridized carbons (Fsp3) is 0.143. The minimum Gasteiger partial charge on any atom is -0.487 e. The van der Waals surface area contributed by atoms with Crippen LogP contribution in [0.4, 0.5) is 5.69 Å². The molecule has 2 amide bonds. The largest absolute Gasteiger partial charge is 0.487 e. The number of carbonyl (C=O) groups is 2. The summed E-state index contributed by atoms with van der Waals surface area (Å²) in [6.45, 7) is 2.12. The van der Waals surface area contributed by atoms with Gasteiger partial charge in [0, 0.05) is 41.0 Å². The lowest BCUT2D eigenvalue weighted by Gasteiger charge is -2.21. The second kappa shape index (κ2) is 14.7. The second-order valence-corrected chi connectivity index (χ2v) is 10.9. The number of halogens is 2. The summed E-state index contributed by atoms with van der Waals surface area (Å²) in [6.07, 6.45) is 4.74. The van der Waals surface area contributed by atoms with E-state index in [9.17, 15) is 9.59 Å². The van der Waals surface area contributed by atoms with Gasteiger partial charge in [0.15, 0.2) is 0 Å². The normalized spacial score (nSPS) is 11.0. The van der Waals surface area contributed by atoms with Gasteiger partial charge in [0.2, 0.25) is 11.8 Å². The van der Waals surface area contributed by atoms with Gasteiger partial charge in [-0.25, -0.2) is 4.98 Å². The smallest absolute Gasteiger partial charge is 0.246 e. The molecule has 3 aromatic carbocycles. The van der Waals surface area contributed by atoms with Crippen LogP contribution in [-0.2, 0) is 22.8 Å². The molecule has 2 heterocycles. The van der Waals surface area contributed by atoms with E-state index in [2.05, 4.69) is 15.3 Å².